The second-order valence-corrected chi connectivity index (χ2v) is 3.66. The molecule has 0 radical (unpaired) electrons. The number of nitrogens with zero attached hydrogens (tertiary/aromatic N) is 1. The lowest BCUT2D eigenvalue weighted by Crippen LogP contribution is -2.00. The van der Waals surface area contributed by atoms with E-state index in [1.54, 1.807) is 0 Å². The molecule has 0 fully saturated rings. The average Bonchev–Trinajstić information content (AvgIpc) is 2.05. The summed E-state index contributed by atoms with van der Waals surface area (Å²) in [5, 5.41) is 10.4. The van der Waals surface area contributed by atoms with Crippen LogP contribution in [0.4, 0.5) is 24.5 Å². The molecule has 0 amide bonds. The van der Waals surface area contributed by atoms with Crippen LogP contribution >= 0.6 is 11.8 Å². The van der Waals surface area contributed by atoms with Gasteiger partial charge in [-0.1, -0.05) is 0 Å². The Morgan fingerprint density at radius 3 is 2.47 bits per heavy atom. The lowest BCUT2D eigenvalue weighted by atomic mass is 10.3. The van der Waals surface area contributed by atoms with Gasteiger partial charge in [-0.3, -0.25) is 10.1 Å². The lowest BCUT2D eigenvalue weighted by molar-refractivity contribution is -0.384. The zero-order valence-corrected chi connectivity index (χ0v) is 7.93. The number of hydrogen-bond donors (Lipinski definition) is 1. The van der Waals surface area contributed by atoms with E-state index in [1.165, 1.54) is 0 Å². The van der Waals surface area contributed by atoms with E-state index in [0.717, 1.165) is 18.2 Å². The predicted octanol–water partition coefficient (Wildman–Crippen LogP) is 2.79. The highest BCUT2D eigenvalue weighted by atomic mass is 32.2. The number of nitrogen functional groups attached to an aromatic ring is 1. The van der Waals surface area contributed by atoms with E-state index in [0.29, 0.717) is 0 Å². The van der Waals surface area contributed by atoms with Gasteiger partial charge >= 0.3 is 5.51 Å². The smallest absolute Gasteiger partial charge is 0.393 e. The number of anilines is 1. The number of nitrogens with two attached hydrogens (primary N) is 1. The van der Waals surface area contributed by atoms with Crippen LogP contribution < -0.4 is 5.73 Å². The van der Waals surface area contributed by atoms with Crippen LogP contribution in [0.1, 0.15) is 0 Å². The molecule has 0 saturated carbocycles. The number of hydrogen-bond acceptors (Lipinski definition) is 4. The summed E-state index contributed by atoms with van der Waals surface area (Å²) < 4.78 is 35.8. The Morgan fingerprint density at radius 1 is 1.40 bits per heavy atom. The Balaban J connectivity index is 3.03. The first-order valence-corrected chi connectivity index (χ1v) is 4.41. The SMILES string of the molecule is Nc1ccc(SC(F)(F)F)cc1[N+](=O)[O-]. The van der Waals surface area contributed by atoms with Gasteiger partial charge in [0.25, 0.3) is 5.69 Å². The predicted molar refractivity (Wildman–Crippen MR) is 49.4 cm³/mol. The summed E-state index contributed by atoms with van der Waals surface area (Å²) in [6.45, 7) is 0. The fourth-order valence-corrected chi connectivity index (χ4v) is 1.45. The molecule has 0 heterocycles. The van der Waals surface area contributed by atoms with E-state index in [2.05, 4.69) is 0 Å². The molecule has 0 bridgehead atoms. The van der Waals surface area contributed by atoms with Crippen LogP contribution in [-0.2, 0) is 0 Å². The fraction of sp³-hybridized carbons (Fsp3) is 0.143. The Bertz CT molecular complexity index is 394. The molecule has 8 heteroatoms. The van der Waals surface area contributed by atoms with Crippen molar-refractivity contribution in [3.05, 3.63) is 28.3 Å². The second-order valence-electron chi connectivity index (χ2n) is 2.53. The molecule has 1 aromatic carbocycles. The fourth-order valence-electron chi connectivity index (χ4n) is 0.879. The number of rotatable bonds is 2. The summed E-state index contributed by atoms with van der Waals surface area (Å²) in [7, 11) is 0. The highest BCUT2D eigenvalue weighted by molar-refractivity contribution is 8.00. The molecule has 82 valence electrons. The Morgan fingerprint density at radius 2 is 2.00 bits per heavy atom. The third-order valence-electron chi connectivity index (χ3n) is 1.43. The Hall–Kier alpha value is -1.44. The topological polar surface area (TPSA) is 69.2 Å². The average molecular weight is 238 g/mol. The molecule has 1 aromatic rings. The van der Waals surface area contributed by atoms with Gasteiger partial charge in [0, 0.05) is 11.0 Å². The van der Waals surface area contributed by atoms with E-state index in [-0.39, 0.29) is 10.6 Å². The molecule has 0 saturated heterocycles. The summed E-state index contributed by atoms with van der Waals surface area (Å²) in [4.78, 5) is 9.29. The van der Waals surface area contributed by atoms with Crippen molar-refractivity contribution in [2.24, 2.45) is 0 Å². The minimum atomic E-state index is -4.47. The zero-order chi connectivity index (χ0) is 11.6. The van der Waals surface area contributed by atoms with Gasteiger partial charge in [-0.05, 0) is 23.9 Å². The van der Waals surface area contributed by atoms with Crippen molar-refractivity contribution in [1.29, 1.82) is 0 Å². The van der Waals surface area contributed by atoms with Crippen molar-refractivity contribution in [3.8, 4) is 0 Å². The van der Waals surface area contributed by atoms with Crippen LogP contribution in [0.25, 0.3) is 0 Å². The largest absolute Gasteiger partial charge is 0.446 e. The quantitative estimate of drug-likeness (QED) is 0.372. The van der Waals surface area contributed by atoms with Gasteiger partial charge in [0.05, 0.1) is 4.92 Å². The van der Waals surface area contributed by atoms with E-state index in [1.807, 2.05) is 0 Å². The van der Waals surface area contributed by atoms with Crippen LogP contribution in [0, 0.1) is 10.1 Å². The third kappa shape index (κ3) is 3.31. The standard InChI is InChI=1S/C7H5F3N2O2S/c8-7(9,10)15-4-1-2-5(11)6(3-4)12(13)14/h1-3H,11H2. The summed E-state index contributed by atoms with van der Waals surface area (Å²) in [6, 6.07) is 2.96. The highest BCUT2D eigenvalue weighted by Gasteiger charge is 2.30. The van der Waals surface area contributed by atoms with Gasteiger partial charge < -0.3 is 5.73 Å². The van der Waals surface area contributed by atoms with Gasteiger partial charge in [-0.15, -0.1) is 0 Å². The third-order valence-corrected chi connectivity index (χ3v) is 2.15. The van der Waals surface area contributed by atoms with Crippen LogP contribution in [0.5, 0.6) is 0 Å². The molecule has 0 aliphatic carbocycles. The van der Waals surface area contributed by atoms with Gasteiger partial charge in [0.1, 0.15) is 5.69 Å². The lowest BCUT2D eigenvalue weighted by Gasteiger charge is -2.05. The maximum Gasteiger partial charge on any atom is 0.446 e. The molecular weight excluding hydrogens is 233 g/mol. The van der Waals surface area contributed by atoms with Gasteiger partial charge in [-0.25, -0.2) is 0 Å². The minimum absolute atomic E-state index is 0.161. The molecular formula is C7H5F3N2O2S. The molecule has 2 N–H and O–H groups in total. The summed E-state index contributed by atoms with van der Waals surface area (Å²) in [6.07, 6.45) is 0. The van der Waals surface area contributed by atoms with E-state index in [4.69, 9.17) is 5.73 Å². The zero-order valence-electron chi connectivity index (χ0n) is 7.12. The first-order chi connectivity index (χ1) is 6.79. The number of thioether (sulfide) groups is 1. The molecule has 0 unspecified atom stereocenters. The highest BCUT2D eigenvalue weighted by Crippen LogP contribution is 2.39. The molecule has 0 atom stereocenters. The second kappa shape index (κ2) is 3.97. The molecule has 1 rings (SSSR count). The Kier molecular flexibility index (Phi) is 3.08. The van der Waals surface area contributed by atoms with Crippen LogP contribution in [-0.4, -0.2) is 10.4 Å². The molecule has 0 aliphatic heterocycles. The van der Waals surface area contributed by atoms with E-state index in [9.17, 15) is 23.3 Å². The number of benzene rings is 1. The summed E-state index contributed by atoms with van der Waals surface area (Å²) >= 11 is -0.419. The van der Waals surface area contributed by atoms with Crippen molar-refractivity contribution in [2.75, 3.05) is 5.73 Å². The summed E-state index contributed by atoms with van der Waals surface area (Å²) in [5.41, 5.74) is 0.0692. The number of alkyl halides is 3. The Labute approximate surface area is 86.4 Å². The van der Waals surface area contributed by atoms with Crippen LogP contribution in [0.3, 0.4) is 0 Å². The molecule has 0 aromatic heterocycles. The maximum atomic E-state index is 11.9. The molecule has 0 aliphatic rings. The number of halogens is 3. The van der Waals surface area contributed by atoms with E-state index < -0.39 is 27.9 Å². The van der Waals surface area contributed by atoms with Crippen molar-refractivity contribution in [1.82, 2.24) is 0 Å². The molecule has 15 heavy (non-hydrogen) atoms. The maximum absolute atomic E-state index is 11.9. The van der Waals surface area contributed by atoms with Crippen molar-refractivity contribution in [2.45, 2.75) is 10.4 Å². The molecule has 0 spiro atoms. The van der Waals surface area contributed by atoms with Crippen molar-refractivity contribution >= 4 is 23.1 Å². The van der Waals surface area contributed by atoms with Gasteiger partial charge in [0.2, 0.25) is 0 Å². The number of nitro benzene ring substituents is 1. The normalized spacial score (nSPS) is 11.4. The van der Waals surface area contributed by atoms with Crippen molar-refractivity contribution in [3.63, 3.8) is 0 Å². The summed E-state index contributed by atoms with van der Waals surface area (Å²) in [5.74, 6) is 0. The van der Waals surface area contributed by atoms with Gasteiger partial charge in [0.15, 0.2) is 0 Å². The first-order valence-electron chi connectivity index (χ1n) is 3.59. The molecule has 4 nitrogen and oxygen atoms in total. The number of nitro groups is 1. The van der Waals surface area contributed by atoms with Crippen LogP contribution in [0.15, 0.2) is 23.1 Å². The van der Waals surface area contributed by atoms with Crippen LogP contribution in [0.2, 0.25) is 0 Å². The first kappa shape index (κ1) is 11.6. The van der Waals surface area contributed by atoms with Crippen molar-refractivity contribution < 1.29 is 18.1 Å². The monoisotopic (exact) mass is 238 g/mol. The van der Waals surface area contributed by atoms with Gasteiger partial charge in [-0.2, -0.15) is 13.2 Å². The van der Waals surface area contributed by atoms with E-state index >= 15 is 0 Å². The minimum Gasteiger partial charge on any atom is -0.393 e.